The van der Waals surface area contributed by atoms with Gasteiger partial charge in [0, 0.05) is 30.7 Å². The highest BCUT2D eigenvalue weighted by Gasteiger charge is 2.24. The van der Waals surface area contributed by atoms with Crippen LogP contribution in [-0.2, 0) is 24.4 Å². The van der Waals surface area contributed by atoms with Crippen molar-refractivity contribution in [3.63, 3.8) is 0 Å². The Hall–Kier alpha value is -3.69. The molecule has 1 saturated carbocycles. The first-order valence-corrected chi connectivity index (χ1v) is 11.9. The van der Waals surface area contributed by atoms with Gasteiger partial charge in [-0.2, -0.15) is 5.10 Å². The molecule has 35 heavy (non-hydrogen) atoms. The van der Waals surface area contributed by atoms with Crippen LogP contribution >= 0.6 is 11.6 Å². The number of nitrogens with one attached hydrogen (secondary N) is 1. The average Bonchev–Trinajstić information content (AvgIpc) is 3.34. The van der Waals surface area contributed by atoms with E-state index < -0.39 is 0 Å². The van der Waals surface area contributed by atoms with Gasteiger partial charge in [-0.15, -0.1) is 0 Å². The second kappa shape index (κ2) is 8.83. The number of carbonyl (C=O) groups excluding carboxylic acids is 1. The van der Waals surface area contributed by atoms with E-state index in [0.717, 1.165) is 22.6 Å². The van der Waals surface area contributed by atoms with Gasteiger partial charge in [0.15, 0.2) is 0 Å². The van der Waals surface area contributed by atoms with Gasteiger partial charge < -0.3 is 18.9 Å². The average molecular weight is 490 g/mol. The summed E-state index contributed by atoms with van der Waals surface area (Å²) in [5, 5.41) is 8.04. The van der Waals surface area contributed by atoms with Crippen LogP contribution in [0.15, 0.2) is 55.4 Å². The molecule has 1 amide bonds. The number of hydrogen-bond acceptors (Lipinski definition) is 5. The number of nitrogens with zero attached hydrogens (tertiary/aromatic N) is 6. The lowest BCUT2D eigenvalue weighted by molar-refractivity contribution is 0.0945. The predicted molar refractivity (Wildman–Crippen MR) is 131 cm³/mol. The van der Waals surface area contributed by atoms with Gasteiger partial charge in [0.25, 0.3) is 5.91 Å². The Labute approximate surface area is 206 Å². The highest BCUT2D eigenvalue weighted by atomic mass is 35.5. The lowest BCUT2D eigenvalue weighted by atomic mass is 10.2. The molecule has 6 rings (SSSR count). The van der Waals surface area contributed by atoms with Gasteiger partial charge in [0.2, 0.25) is 0 Å². The van der Waals surface area contributed by atoms with E-state index in [1.54, 1.807) is 30.4 Å². The second-order valence-corrected chi connectivity index (χ2v) is 9.28. The number of hydrogen-bond donors (Lipinski definition) is 1. The highest BCUT2D eigenvalue weighted by molar-refractivity contribution is 6.30. The molecule has 5 heterocycles. The fourth-order valence-corrected chi connectivity index (χ4v) is 4.55. The van der Waals surface area contributed by atoms with Crippen molar-refractivity contribution >= 4 is 28.7 Å². The molecule has 5 aromatic rings. The molecule has 0 saturated heterocycles. The van der Waals surface area contributed by atoms with Crippen molar-refractivity contribution in [1.29, 1.82) is 0 Å². The number of aromatic nitrogens is 6. The van der Waals surface area contributed by atoms with Crippen molar-refractivity contribution < 1.29 is 9.53 Å². The standard InChI is InChI=1S/C25H24ClN7O2/c1-35-14-23-20(25(34)27-10-21-22-8-18(26)6-7-31(22)15-28-21)9-29-33(23)13-19-12-32-11-17(16-2-3-16)4-5-24(32)30-19/h4-9,11-12,15-16H,2-3,10,13-14H2,1H3,(H,27,34). The fraction of sp³-hybridized carbons (Fsp3) is 0.280. The van der Waals surface area contributed by atoms with E-state index in [4.69, 9.17) is 21.3 Å². The molecule has 1 aliphatic carbocycles. The Kier molecular flexibility index (Phi) is 5.50. The molecular weight excluding hydrogens is 466 g/mol. The quantitative estimate of drug-likeness (QED) is 0.357. The summed E-state index contributed by atoms with van der Waals surface area (Å²) in [6.45, 7) is 0.963. The Bertz CT molecular complexity index is 1550. The number of imidazole rings is 2. The van der Waals surface area contributed by atoms with Crippen LogP contribution in [0, 0.1) is 0 Å². The van der Waals surface area contributed by atoms with E-state index in [9.17, 15) is 4.79 Å². The van der Waals surface area contributed by atoms with Gasteiger partial charge in [-0.25, -0.2) is 9.97 Å². The third kappa shape index (κ3) is 4.28. The van der Waals surface area contributed by atoms with Crippen LogP contribution in [0.2, 0.25) is 5.02 Å². The minimum absolute atomic E-state index is 0.240. The minimum atomic E-state index is -0.240. The molecule has 0 bridgehead atoms. The van der Waals surface area contributed by atoms with Crippen LogP contribution in [-0.4, -0.2) is 41.6 Å². The van der Waals surface area contributed by atoms with Gasteiger partial charge in [-0.1, -0.05) is 17.7 Å². The number of fused-ring (bicyclic) bond motifs is 2. The first-order chi connectivity index (χ1) is 17.1. The maximum atomic E-state index is 13.1. The lowest BCUT2D eigenvalue weighted by Crippen LogP contribution is -2.24. The Morgan fingerprint density at radius 1 is 1.23 bits per heavy atom. The van der Waals surface area contributed by atoms with Gasteiger partial charge in [-0.05, 0) is 42.5 Å². The predicted octanol–water partition coefficient (Wildman–Crippen LogP) is 3.83. The summed E-state index contributed by atoms with van der Waals surface area (Å²) in [5.41, 5.74) is 5.86. The molecular formula is C25H24ClN7O2. The first kappa shape index (κ1) is 21.8. The molecule has 1 N–H and O–H groups in total. The van der Waals surface area contributed by atoms with E-state index in [1.165, 1.54) is 18.4 Å². The van der Waals surface area contributed by atoms with Crippen LogP contribution in [0.25, 0.3) is 11.2 Å². The third-order valence-corrected chi connectivity index (χ3v) is 6.59. The minimum Gasteiger partial charge on any atom is -0.378 e. The summed E-state index contributed by atoms with van der Waals surface area (Å²) < 4.78 is 11.1. The van der Waals surface area contributed by atoms with Crippen molar-refractivity contribution in [3.05, 3.63) is 88.6 Å². The summed E-state index contributed by atoms with van der Waals surface area (Å²) in [6, 6.07) is 7.84. The molecule has 0 radical (unpaired) electrons. The Balaban J connectivity index is 1.21. The SMILES string of the molecule is COCc1c(C(=O)NCc2ncn3ccc(Cl)cc23)cnn1Cc1cn2cc(C3CC3)ccc2n1. The summed E-state index contributed by atoms with van der Waals surface area (Å²) in [5.74, 6) is 0.443. The van der Waals surface area contributed by atoms with Crippen LogP contribution in [0.4, 0.5) is 0 Å². The maximum absolute atomic E-state index is 13.1. The molecule has 9 nitrogen and oxygen atoms in total. The van der Waals surface area contributed by atoms with Crippen molar-refractivity contribution in [2.24, 2.45) is 0 Å². The van der Waals surface area contributed by atoms with Crippen LogP contribution in [0.1, 0.15) is 51.8 Å². The van der Waals surface area contributed by atoms with Crippen molar-refractivity contribution in [1.82, 2.24) is 33.9 Å². The summed E-state index contributed by atoms with van der Waals surface area (Å²) >= 11 is 6.12. The van der Waals surface area contributed by atoms with Crippen molar-refractivity contribution in [3.8, 4) is 0 Å². The number of amides is 1. The second-order valence-electron chi connectivity index (χ2n) is 8.84. The topological polar surface area (TPSA) is 90.7 Å². The van der Waals surface area contributed by atoms with Gasteiger partial charge in [0.05, 0.1) is 60.4 Å². The normalized spacial score (nSPS) is 13.7. The largest absolute Gasteiger partial charge is 0.378 e. The third-order valence-electron chi connectivity index (χ3n) is 6.36. The number of carbonyl (C=O) groups is 1. The molecule has 0 spiro atoms. The van der Waals surface area contributed by atoms with E-state index in [1.807, 2.05) is 22.9 Å². The molecule has 0 aliphatic heterocycles. The van der Waals surface area contributed by atoms with Crippen LogP contribution in [0.5, 0.6) is 0 Å². The molecule has 5 aromatic heterocycles. The zero-order valence-corrected chi connectivity index (χ0v) is 19.9. The maximum Gasteiger partial charge on any atom is 0.255 e. The number of pyridine rings is 2. The number of methoxy groups -OCH3 is 1. The molecule has 178 valence electrons. The fourth-order valence-electron chi connectivity index (χ4n) is 4.39. The van der Waals surface area contributed by atoms with Crippen molar-refractivity contribution in [2.45, 2.75) is 38.5 Å². The van der Waals surface area contributed by atoms with Gasteiger partial charge in [0.1, 0.15) is 5.65 Å². The summed E-state index contributed by atoms with van der Waals surface area (Å²) in [6.07, 6.45) is 11.8. The Morgan fingerprint density at radius 2 is 2.11 bits per heavy atom. The molecule has 1 aliphatic rings. The van der Waals surface area contributed by atoms with E-state index in [0.29, 0.717) is 28.7 Å². The smallest absolute Gasteiger partial charge is 0.255 e. The van der Waals surface area contributed by atoms with E-state index in [2.05, 4.69) is 38.1 Å². The molecule has 0 atom stereocenters. The van der Waals surface area contributed by atoms with Crippen LogP contribution < -0.4 is 5.32 Å². The number of rotatable bonds is 8. The monoisotopic (exact) mass is 489 g/mol. The molecule has 0 aromatic carbocycles. The zero-order valence-electron chi connectivity index (χ0n) is 19.2. The lowest BCUT2D eigenvalue weighted by Gasteiger charge is -2.08. The summed E-state index contributed by atoms with van der Waals surface area (Å²) in [7, 11) is 1.60. The van der Waals surface area contributed by atoms with Gasteiger partial charge >= 0.3 is 0 Å². The number of halogens is 1. The molecule has 10 heteroatoms. The van der Waals surface area contributed by atoms with E-state index in [-0.39, 0.29) is 19.1 Å². The van der Waals surface area contributed by atoms with Crippen molar-refractivity contribution in [2.75, 3.05) is 7.11 Å². The first-order valence-electron chi connectivity index (χ1n) is 11.5. The summed E-state index contributed by atoms with van der Waals surface area (Å²) in [4.78, 5) is 22.2. The molecule has 1 fully saturated rings. The molecule has 0 unspecified atom stereocenters. The van der Waals surface area contributed by atoms with Gasteiger partial charge in [-0.3, -0.25) is 9.48 Å². The zero-order chi connectivity index (χ0) is 23.9. The Morgan fingerprint density at radius 3 is 2.94 bits per heavy atom. The van der Waals surface area contributed by atoms with Crippen LogP contribution in [0.3, 0.4) is 0 Å². The van der Waals surface area contributed by atoms with E-state index >= 15 is 0 Å². The number of ether oxygens (including phenoxy) is 1. The highest BCUT2D eigenvalue weighted by Crippen LogP contribution is 2.39.